The van der Waals surface area contributed by atoms with Crippen LogP contribution in [0.25, 0.3) is 0 Å². The molecular formula is C25H27FN4O3. The number of carbonyl (C=O) groups excluding carboxylic acids is 2. The molecular weight excluding hydrogens is 423 g/mol. The van der Waals surface area contributed by atoms with Crippen LogP contribution in [-0.2, 0) is 16.1 Å². The Bertz CT molecular complexity index is 1080. The molecule has 0 saturated carbocycles. The zero-order chi connectivity index (χ0) is 23.2. The van der Waals surface area contributed by atoms with Crippen LogP contribution < -0.4 is 5.32 Å². The van der Waals surface area contributed by atoms with Crippen LogP contribution in [0.2, 0.25) is 0 Å². The first kappa shape index (κ1) is 22.5. The number of fused-ring (bicyclic) bond motifs is 1. The molecule has 33 heavy (non-hydrogen) atoms. The third-order valence-electron chi connectivity index (χ3n) is 5.75. The molecule has 0 radical (unpaired) electrons. The Labute approximate surface area is 192 Å². The average Bonchev–Trinajstić information content (AvgIpc) is 3.31. The van der Waals surface area contributed by atoms with E-state index in [4.69, 9.17) is 4.74 Å². The first-order valence-electron chi connectivity index (χ1n) is 10.9. The van der Waals surface area contributed by atoms with Crippen LogP contribution in [0.1, 0.15) is 17.3 Å². The number of carbonyl (C=O) groups is 2. The molecule has 7 nitrogen and oxygen atoms in total. The molecule has 1 atom stereocenters. The lowest BCUT2D eigenvalue weighted by Crippen LogP contribution is -2.49. The number of hydrogen-bond donors (Lipinski definition) is 1. The van der Waals surface area contributed by atoms with Gasteiger partial charge in [0.25, 0.3) is 0 Å². The van der Waals surface area contributed by atoms with Crippen LogP contribution in [0.15, 0.2) is 72.9 Å². The van der Waals surface area contributed by atoms with Crippen molar-refractivity contribution in [1.82, 2.24) is 14.4 Å². The summed E-state index contributed by atoms with van der Waals surface area (Å²) < 4.78 is 20.8. The summed E-state index contributed by atoms with van der Waals surface area (Å²) in [6.07, 6.45) is 1.98. The van der Waals surface area contributed by atoms with Crippen molar-refractivity contribution in [3.8, 4) is 0 Å². The Morgan fingerprint density at radius 2 is 1.82 bits per heavy atom. The van der Waals surface area contributed by atoms with Gasteiger partial charge in [0.15, 0.2) is 0 Å². The number of nitrogens with one attached hydrogen (secondary N) is 1. The van der Waals surface area contributed by atoms with Crippen molar-refractivity contribution < 1.29 is 18.7 Å². The average molecular weight is 451 g/mol. The number of para-hydroxylation sites is 1. The van der Waals surface area contributed by atoms with Crippen LogP contribution in [0.4, 0.5) is 14.9 Å². The molecule has 2 heterocycles. The minimum atomic E-state index is -0.370. The second-order valence-corrected chi connectivity index (χ2v) is 7.88. The van der Waals surface area contributed by atoms with E-state index in [2.05, 4.69) is 9.88 Å². The van der Waals surface area contributed by atoms with Gasteiger partial charge in [-0.05, 0) is 42.0 Å². The van der Waals surface area contributed by atoms with Gasteiger partial charge in [0, 0.05) is 44.3 Å². The third-order valence-corrected chi connectivity index (χ3v) is 5.75. The highest BCUT2D eigenvalue weighted by Gasteiger charge is 2.33. The van der Waals surface area contributed by atoms with Crippen molar-refractivity contribution in [2.45, 2.75) is 12.6 Å². The Morgan fingerprint density at radius 3 is 2.55 bits per heavy atom. The molecule has 1 aliphatic rings. The van der Waals surface area contributed by atoms with E-state index in [1.807, 2.05) is 36.5 Å². The Morgan fingerprint density at radius 1 is 1.06 bits per heavy atom. The lowest BCUT2D eigenvalue weighted by Gasteiger charge is -2.38. The zero-order valence-electron chi connectivity index (χ0n) is 18.5. The fourth-order valence-corrected chi connectivity index (χ4v) is 4.08. The van der Waals surface area contributed by atoms with E-state index in [1.54, 1.807) is 36.3 Å². The molecule has 0 aliphatic carbocycles. The van der Waals surface area contributed by atoms with Crippen molar-refractivity contribution in [3.05, 3.63) is 90.0 Å². The number of methoxy groups -OCH3 is 1. The molecule has 1 aromatic heterocycles. The minimum absolute atomic E-state index is 0.0968. The van der Waals surface area contributed by atoms with Gasteiger partial charge in [0.2, 0.25) is 5.91 Å². The first-order chi connectivity index (χ1) is 16.1. The van der Waals surface area contributed by atoms with Crippen molar-refractivity contribution >= 4 is 17.6 Å². The summed E-state index contributed by atoms with van der Waals surface area (Å²) in [5, 5.41) is 2.83. The molecule has 0 saturated heterocycles. The minimum Gasteiger partial charge on any atom is -0.383 e. The Balaban J connectivity index is 1.55. The number of anilines is 1. The van der Waals surface area contributed by atoms with Gasteiger partial charge in [-0.1, -0.05) is 30.3 Å². The first-order valence-corrected chi connectivity index (χ1v) is 10.9. The van der Waals surface area contributed by atoms with Crippen LogP contribution >= 0.6 is 0 Å². The smallest absolute Gasteiger partial charge is 0.322 e. The molecule has 4 rings (SSSR count). The van der Waals surface area contributed by atoms with E-state index in [-0.39, 0.29) is 36.9 Å². The number of halogens is 1. The lowest BCUT2D eigenvalue weighted by molar-refractivity contribution is -0.134. The van der Waals surface area contributed by atoms with E-state index in [0.717, 1.165) is 11.3 Å². The van der Waals surface area contributed by atoms with Gasteiger partial charge in [-0.2, -0.15) is 0 Å². The van der Waals surface area contributed by atoms with Gasteiger partial charge in [-0.3, -0.25) is 4.79 Å². The standard InChI is InChI=1S/C25H27FN4O3/c1-33-17-16-29(25(32)27-21-6-3-2-4-7-21)18-23(31)30-15-14-28-13-5-8-22(28)24(30)19-9-11-20(26)12-10-19/h2-13,24H,14-18H2,1H3,(H,27,32). The van der Waals surface area contributed by atoms with Crippen molar-refractivity contribution in [2.75, 3.05) is 38.7 Å². The van der Waals surface area contributed by atoms with Crippen LogP contribution in [0.3, 0.4) is 0 Å². The molecule has 1 unspecified atom stereocenters. The number of urea groups is 1. The number of hydrogen-bond acceptors (Lipinski definition) is 3. The van der Waals surface area contributed by atoms with Crippen molar-refractivity contribution in [3.63, 3.8) is 0 Å². The maximum Gasteiger partial charge on any atom is 0.322 e. The fraction of sp³-hybridized carbons (Fsp3) is 0.280. The van der Waals surface area contributed by atoms with Gasteiger partial charge < -0.3 is 24.4 Å². The molecule has 172 valence electrons. The molecule has 8 heteroatoms. The quantitative estimate of drug-likeness (QED) is 0.596. The van der Waals surface area contributed by atoms with Crippen LogP contribution in [0, 0.1) is 5.82 Å². The molecule has 0 spiro atoms. The van der Waals surface area contributed by atoms with Gasteiger partial charge in [-0.15, -0.1) is 0 Å². The van der Waals surface area contributed by atoms with E-state index in [9.17, 15) is 14.0 Å². The van der Waals surface area contributed by atoms with E-state index in [0.29, 0.717) is 25.4 Å². The summed E-state index contributed by atoms with van der Waals surface area (Å²) in [6, 6.07) is 18.5. The highest BCUT2D eigenvalue weighted by Crippen LogP contribution is 2.32. The van der Waals surface area contributed by atoms with Crippen LogP contribution in [0.5, 0.6) is 0 Å². The SMILES string of the molecule is COCCN(CC(=O)N1CCn2cccc2C1c1ccc(F)cc1)C(=O)Nc1ccccc1. The fourth-order valence-electron chi connectivity index (χ4n) is 4.08. The number of rotatable bonds is 7. The maximum atomic E-state index is 13.6. The predicted octanol–water partition coefficient (Wildman–Crippen LogP) is 3.74. The molecule has 0 fully saturated rings. The second kappa shape index (κ2) is 10.3. The summed E-state index contributed by atoms with van der Waals surface area (Å²) in [7, 11) is 1.55. The monoisotopic (exact) mass is 450 g/mol. The molecule has 2 aromatic carbocycles. The third kappa shape index (κ3) is 5.23. The zero-order valence-corrected chi connectivity index (χ0v) is 18.5. The predicted molar refractivity (Wildman–Crippen MR) is 123 cm³/mol. The maximum absolute atomic E-state index is 13.6. The number of benzene rings is 2. The molecule has 0 bridgehead atoms. The normalized spacial score (nSPS) is 15.1. The van der Waals surface area contributed by atoms with E-state index < -0.39 is 0 Å². The van der Waals surface area contributed by atoms with Gasteiger partial charge in [0.05, 0.1) is 12.6 Å². The van der Waals surface area contributed by atoms with Gasteiger partial charge in [-0.25, -0.2) is 9.18 Å². The second-order valence-electron chi connectivity index (χ2n) is 7.88. The summed E-state index contributed by atoms with van der Waals surface area (Å²) in [5.41, 5.74) is 2.43. The molecule has 1 aliphatic heterocycles. The number of nitrogens with zero attached hydrogens (tertiary/aromatic N) is 3. The van der Waals surface area contributed by atoms with E-state index in [1.165, 1.54) is 17.0 Å². The molecule has 1 N–H and O–H groups in total. The number of aromatic nitrogens is 1. The molecule has 3 amide bonds. The van der Waals surface area contributed by atoms with Gasteiger partial charge >= 0.3 is 6.03 Å². The Hall–Kier alpha value is -3.65. The van der Waals surface area contributed by atoms with Crippen molar-refractivity contribution in [2.24, 2.45) is 0 Å². The lowest BCUT2D eigenvalue weighted by atomic mass is 9.99. The van der Waals surface area contributed by atoms with Gasteiger partial charge in [0.1, 0.15) is 12.4 Å². The van der Waals surface area contributed by atoms with Crippen molar-refractivity contribution in [1.29, 1.82) is 0 Å². The van der Waals surface area contributed by atoms with Crippen LogP contribution in [-0.4, -0.2) is 59.7 Å². The summed E-state index contributed by atoms with van der Waals surface area (Å²) in [5.74, 6) is -0.512. The summed E-state index contributed by atoms with van der Waals surface area (Å²) in [4.78, 5) is 29.6. The largest absolute Gasteiger partial charge is 0.383 e. The summed E-state index contributed by atoms with van der Waals surface area (Å²) >= 11 is 0. The highest BCUT2D eigenvalue weighted by atomic mass is 19.1. The highest BCUT2D eigenvalue weighted by molar-refractivity contribution is 5.92. The number of amides is 3. The summed E-state index contributed by atoms with van der Waals surface area (Å²) in [6.45, 7) is 1.62. The molecule has 3 aromatic rings. The topological polar surface area (TPSA) is 66.8 Å². The van der Waals surface area contributed by atoms with E-state index >= 15 is 0 Å². The number of ether oxygens (including phenoxy) is 1. The Kier molecular flexibility index (Phi) is 7.04.